The molecule has 31 heavy (non-hydrogen) atoms. The number of benzene rings is 3. The van der Waals surface area contributed by atoms with Crippen molar-refractivity contribution < 1.29 is 28.7 Å². The van der Waals surface area contributed by atoms with Crippen LogP contribution < -0.4 is 9.47 Å². The van der Waals surface area contributed by atoms with Crippen molar-refractivity contribution in [3.8, 4) is 11.5 Å². The van der Waals surface area contributed by atoms with E-state index in [0.29, 0.717) is 29.2 Å². The fourth-order valence-corrected chi connectivity index (χ4v) is 3.21. The number of rotatable bonds is 7. The minimum absolute atomic E-state index is 0.0297. The first-order valence-corrected chi connectivity index (χ1v) is 9.55. The number of para-hydroxylation sites is 1. The van der Waals surface area contributed by atoms with E-state index < -0.39 is 10.9 Å². The van der Waals surface area contributed by atoms with Gasteiger partial charge in [0, 0.05) is 23.3 Å². The summed E-state index contributed by atoms with van der Waals surface area (Å²) < 4.78 is 21.9. The maximum atomic E-state index is 12.7. The first-order valence-electron chi connectivity index (χ1n) is 9.55. The lowest BCUT2D eigenvalue weighted by Gasteiger charge is -2.20. The molecule has 0 unspecified atom stereocenters. The SMILES string of the molecule is O=C(OCc1cc([N+](=O)[O-])cc2c1OCOC2)c1ccccc1OCc1ccccc1. The van der Waals surface area contributed by atoms with Gasteiger partial charge in [-0.15, -0.1) is 0 Å². The zero-order valence-electron chi connectivity index (χ0n) is 16.5. The van der Waals surface area contributed by atoms with E-state index >= 15 is 0 Å². The predicted molar refractivity (Wildman–Crippen MR) is 110 cm³/mol. The molecule has 0 saturated carbocycles. The molecule has 1 heterocycles. The smallest absolute Gasteiger partial charge is 0.342 e. The molecule has 4 rings (SSSR count). The van der Waals surface area contributed by atoms with Crippen LogP contribution in [-0.4, -0.2) is 17.7 Å². The fourth-order valence-electron chi connectivity index (χ4n) is 3.21. The molecule has 0 aliphatic carbocycles. The maximum Gasteiger partial charge on any atom is 0.342 e. The molecule has 1 aliphatic heterocycles. The molecule has 8 nitrogen and oxygen atoms in total. The standard InChI is InChI=1S/C23H19NO7/c25-23(20-8-4-5-9-21(20)29-12-16-6-2-1-3-7-16)30-14-18-11-19(24(26)27)10-17-13-28-15-31-22(17)18/h1-11H,12-15H2. The Morgan fingerprint density at radius 2 is 1.81 bits per heavy atom. The van der Waals surface area contributed by atoms with Crippen molar-refractivity contribution in [2.24, 2.45) is 0 Å². The first kappa shape index (κ1) is 20.4. The molecule has 0 saturated heterocycles. The van der Waals surface area contributed by atoms with E-state index in [1.54, 1.807) is 24.3 Å². The van der Waals surface area contributed by atoms with E-state index in [4.69, 9.17) is 18.9 Å². The zero-order valence-corrected chi connectivity index (χ0v) is 16.5. The van der Waals surface area contributed by atoms with Crippen LogP contribution in [0.5, 0.6) is 11.5 Å². The lowest BCUT2D eigenvalue weighted by molar-refractivity contribution is -0.385. The summed E-state index contributed by atoms with van der Waals surface area (Å²) in [5.41, 5.74) is 2.06. The van der Waals surface area contributed by atoms with E-state index in [9.17, 15) is 14.9 Å². The maximum absolute atomic E-state index is 12.7. The molecule has 0 radical (unpaired) electrons. The topological polar surface area (TPSA) is 97.1 Å². The number of nitro benzene ring substituents is 1. The Morgan fingerprint density at radius 1 is 1.03 bits per heavy atom. The highest BCUT2D eigenvalue weighted by atomic mass is 16.7. The van der Waals surface area contributed by atoms with Crippen LogP contribution in [0.3, 0.4) is 0 Å². The number of nitro groups is 1. The second-order valence-corrected chi connectivity index (χ2v) is 6.81. The average molecular weight is 421 g/mol. The van der Waals surface area contributed by atoms with Gasteiger partial charge in [-0.25, -0.2) is 4.79 Å². The van der Waals surface area contributed by atoms with Gasteiger partial charge in [-0.05, 0) is 17.7 Å². The van der Waals surface area contributed by atoms with Gasteiger partial charge in [0.2, 0.25) is 0 Å². The predicted octanol–water partition coefficient (Wildman–Crippen LogP) is 4.40. The number of ether oxygens (including phenoxy) is 4. The lowest BCUT2D eigenvalue weighted by atomic mass is 10.1. The van der Waals surface area contributed by atoms with Crippen LogP contribution in [0.4, 0.5) is 5.69 Å². The number of hydrogen-bond acceptors (Lipinski definition) is 7. The average Bonchev–Trinajstić information content (AvgIpc) is 2.81. The van der Waals surface area contributed by atoms with E-state index in [1.165, 1.54) is 12.1 Å². The molecule has 8 heteroatoms. The zero-order chi connectivity index (χ0) is 21.6. The molecule has 3 aromatic rings. The van der Waals surface area contributed by atoms with Gasteiger partial charge in [-0.2, -0.15) is 0 Å². The number of fused-ring (bicyclic) bond motifs is 1. The Labute approximate surface area is 178 Å². The summed E-state index contributed by atoms with van der Waals surface area (Å²) >= 11 is 0. The van der Waals surface area contributed by atoms with Gasteiger partial charge in [-0.1, -0.05) is 42.5 Å². The van der Waals surface area contributed by atoms with Crippen LogP contribution >= 0.6 is 0 Å². The second-order valence-electron chi connectivity index (χ2n) is 6.81. The third-order valence-electron chi connectivity index (χ3n) is 4.69. The lowest BCUT2D eigenvalue weighted by Crippen LogP contribution is -2.15. The Hall–Kier alpha value is -3.91. The van der Waals surface area contributed by atoms with E-state index in [-0.39, 0.29) is 31.3 Å². The second kappa shape index (κ2) is 9.27. The van der Waals surface area contributed by atoms with Crippen LogP contribution in [0.2, 0.25) is 0 Å². The molecule has 1 aliphatic rings. The van der Waals surface area contributed by atoms with Crippen molar-refractivity contribution in [2.45, 2.75) is 19.8 Å². The molecule has 0 amide bonds. The van der Waals surface area contributed by atoms with Crippen molar-refractivity contribution >= 4 is 11.7 Å². The number of nitrogens with zero attached hydrogens (tertiary/aromatic N) is 1. The molecule has 0 bridgehead atoms. The number of esters is 1. The summed E-state index contributed by atoms with van der Waals surface area (Å²) in [6.07, 6.45) is 0. The molecule has 0 atom stereocenters. The highest BCUT2D eigenvalue weighted by Gasteiger charge is 2.22. The molecule has 158 valence electrons. The van der Waals surface area contributed by atoms with Crippen LogP contribution in [-0.2, 0) is 29.3 Å². The highest BCUT2D eigenvalue weighted by molar-refractivity contribution is 5.92. The van der Waals surface area contributed by atoms with Gasteiger partial charge in [0.05, 0.1) is 11.5 Å². The molecular weight excluding hydrogens is 402 g/mol. The quantitative estimate of drug-likeness (QED) is 0.317. The van der Waals surface area contributed by atoms with E-state index in [2.05, 4.69) is 0 Å². The summed E-state index contributed by atoms with van der Waals surface area (Å²) in [5.74, 6) is 0.233. The normalized spacial score (nSPS) is 12.4. The van der Waals surface area contributed by atoms with Gasteiger partial charge < -0.3 is 18.9 Å². The molecule has 0 aromatic heterocycles. The fraction of sp³-hybridized carbons (Fsp3) is 0.174. The summed E-state index contributed by atoms with van der Waals surface area (Å²) in [6.45, 7) is 0.337. The molecule has 0 spiro atoms. The minimum Gasteiger partial charge on any atom is -0.488 e. The first-order chi connectivity index (χ1) is 15.1. The van der Waals surface area contributed by atoms with Crippen molar-refractivity contribution in [3.63, 3.8) is 0 Å². The number of hydrogen-bond donors (Lipinski definition) is 0. The Kier molecular flexibility index (Phi) is 6.09. The van der Waals surface area contributed by atoms with Crippen molar-refractivity contribution in [3.05, 3.63) is 99.1 Å². The van der Waals surface area contributed by atoms with Gasteiger partial charge in [0.25, 0.3) is 5.69 Å². The summed E-state index contributed by atoms with van der Waals surface area (Å²) in [7, 11) is 0. The third kappa shape index (κ3) is 4.81. The largest absolute Gasteiger partial charge is 0.488 e. The highest BCUT2D eigenvalue weighted by Crippen LogP contribution is 2.33. The minimum atomic E-state index is -0.601. The summed E-state index contributed by atoms with van der Waals surface area (Å²) in [4.78, 5) is 23.5. The van der Waals surface area contributed by atoms with Crippen LogP contribution in [0, 0.1) is 10.1 Å². The Bertz CT molecular complexity index is 1100. The van der Waals surface area contributed by atoms with Crippen molar-refractivity contribution in [2.75, 3.05) is 6.79 Å². The third-order valence-corrected chi connectivity index (χ3v) is 4.69. The van der Waals surface area contributed by atoms with Gasteiger partial charge in [0.1, 0.15) is 30.3 Å². The molecule has 3 aromatic carbocycles. The van der Waals surface area contributed by atoms with Gasteiger partial charge >= 0.3 is 5.97 Å². The number of carbonyl (C=O) groups excluding carboxylic acids is 1. The monoisotopic (exact) mass is 421 g/mol. The number of carbonyl (C=O) groups is 1. The molecule has 0 N–H and O–H groups in total. The summed E-state index contributed by atoms with van der Waals surface area (Å²) in [5, 5.41) is 11.2. The summed E-state index contributed by atoms with van der Waals surface area (Å²) in [6, 6.07) is 19.1. The Balaban J connectivity index is 1.50. The van der Waals surface area contributed by atoms with Crippen LogP contribution in [0.15, 0.2) is 66.7 Å². The molecule has 0 fully saturated rings. The van der Waals surface area contributed by atoms with E-state index in [1.807, 2.05) is 30.3 Å². The van der Waals surface area contributed by atoms with Crippen LogP contribution in [0.25, 0.3) is 0 Å². The number of non-ortho nitro benzene ring substituents is 1. The van der Waals surface area contributed by atoms with E-state index in [0.717, 1.165) is 5.56 Å². The van der Waals surface area contributed by atoms with Gasteiger partial charge in [-0.3, -0.25) is 10.1 Å². The van der Waals surface area contributed by atoms with Crippen molar-refractivity contribution in [1.82, 2.24) is 0 Å². The van der Waals surface area contributed by atoms with Crippen molar-refractivity contribution in [1.29, 1.82) is 0 Å². The van der Waals surface area contributed by atoms with Gasteiger partial charge in [0.15, 0.2) is 6.79 Å². The molecular formula is C23H19NO7. The van der Waals surface area contributed by atoms with Crippen LogP contribution in [0.1, 0.15) is 27.0 Å². The Morgan fingerprint density at radius 3 is 2.61 bits per heavy atom.